The molecular weight excluding hydrogens is 170 g/mol. The number of aromatic nitrogens is 2. The Morgan fingerprint density at radius 3 is 2.62 bits per heavy atom. The Labute approximate surface area is 76.0 Å². The topological polar surface area (TPSA) is 92.0 Å². The van der Waals surface area contributed by atoms with Gasteiger partial charge >= 0.3 is 5.97 Å². The normalized spacial score (nSPS) is 10.8. The minimum atomic E-state index is -1.04. The smallest absolute Gasteiger partial charge is 0.356 e. The molecule has 1 heterocycles. The van der Waals surface area contributed by atoms with Crippen molar-refractivity contribution in [1.29, 1.82) is 0 Å². The molecule has 0 spiro atoms. The van der Waals surface area contributed by atoms with Gasteiger partial charge in [-0.3, -0.25) is 0 Å². The van der Waals surface area contributed by atoms with Crippen LogP contribution >= 0.6 is 0 Å². The Morgan fingerprint density at radius 1 is 1.69 bits per heavy atom. The van der Waals surface area contributed by atoms with E-state index in [0.717, 1.165) is 0 Å². The molecule has 1 rings (SSSR count). The molecule has 0 aliphatic rings. The Hall–Kier alpha value is -1.36. The van der Waals surface area contributed by atoms with E-state index in [-0.39, 0.29) is 18.2 Å². The van der Waals surface area contributed by atoms with Gasteiger partial charge in [-0.1, -0.05) is 13.8 Å². The van der Waals surface area contributed by atoms with Gasteiger partial charge < -0.3 is 15.8 Å². The number of hydrogen-bond donors (Lipinski definition) is 3. The largest absolute Gasteiger partial charge is 0.476 e. The van der Waals surface area contributed by atoms with E-state index >= 15 is 0 Å². The lowest BCUT2D eigenvalue weighted by Gasteiger charge is -1.96. The van der Waals surface area contributed by atoms with Crippen molar-refractivity contribution >= 4 is 5.97 Å². The standard InChI is InChI=1S/C8H13N3O2/c1-4(2)7-10-5(3-9)6(11-7)8(12)13/h4H,3,9H2,1-2H3,(H,10,11)(H,12,13). The molecule has 4 N–H and O–H groups in total. The Balaban J connectivity index is 3.11. The van der Waals surface area contributed by atoms with Gasteiger partial charge in [0.15, 0.2) is 5.69 Å². The number of nitrogens with zero attached hydrogens (tertiary/aromatic N) is 1. The fourth-order valence-corrected chi connectivity index (χ4v) is 1.03. The highest BCUT2D eigenvalue weighted by Crippen LogP contribution is 2.13. The van der Waals surface area contributed by atoms with E-state index in [1.165, 1.54) is 0 Å². The fourth-order valence-electron chi connectivity index (χ4n) is 1.03. The first-order chi connectivity index (χ1) is 6.06. The van der Waals surface area contributed by atoms with Gasteiger partial charge in [0.2, 0.25) is 0 Å². The first-order valence-corrected chi connectivity index (χ1v) is 4.08. The van der Waals surface area contributed by atoms with E-state index in [1.807, 2.05) is 13.8 Å². The van der Waals surface area contributed by atoms with Crippen LogP contribution < -0.4 is 5.73 Å². The summed E-state index contributed by atoms with van der Waals surface area (Å²) in [6.45, 7) is 4.04. The Bertz CT molecular complexity index is 317. The predicted molar refractivity (Wildman–Crippen MR) is 47.5 cm³/mol. The van der Waals surface area contributed by atoms with Crippen LogP contribution in [-0.4, -0.2) is 21.0 Å². The molecule has 0 saturated carbocycles. The van der Waals surface area contributed by atoms with Crippen LogP contribution in [0.3, 0.4) is 0 Å². The summed E-state index contributed by atoms with van der Waals surface area (Å²) in [4.78, 5) is 17.5. The highest BCUT2D eigenvalue weighted by molar-refractivity contribution is 5.86. The number of carboxylic acid groups (broad SMARTS) is 1. The molecule has 5 heteroatoms. The summed E-state index contributed by atoms with van der Waals surface area (Å²) in [5.74, 6) is -0.195. The third-order valence-electron chi connectivity index (χ3n) is 1.75. The van der Waals surface area contributed by atoms with E-state index in [1.54, 1.807) is 0 Å². The minimum absolute atomic E-state index is 0.0335. The molecule has 0 saturated heterocycles. The van der Waals surface area contributed by atoms with E-state index in [2.05, 4.69) is 9.97 Å². The quantitative estimate of drug-likeness (QED) is 0.642. The fraction of sp³-hybridized carbons (Fsp3) is 0.500. The Kier molecular flexibility index (Phi) is 2.67. The van der Waals surface area contributed by atoms with Crippen LogP contribution in [0.2, 0.25) is 0 Å². The maximum absolute atomic E-state index is 10.7. The number of nitrogens with one attached hydrogen (secondary N) is 1. The first kappa shape index (κ1) is 9.73. The Morgan fingerprint density at radius 2 is 2.31 bits per heavy atom. The lowest BCUT2D eigenvalue weighted by molar-refractivity contribution is 0.0689. The van der Waals surface area contributed by atoms with Crippen LogP contribution in [-0.2, 0) is 6.54 Å². The van der Waals surface area contributed by atoms with Gasteiger partial charge in [-0.25, -0.2) is 9.78 Å². The molecule has 5 nitrogen and oxygen atoms in total. The maximum atomic E-state index is 10.7. The van der Waals surface area contributed by atoms with Gasteiger partial charge in [0, 0.05) is 12.5 Å². The number of H-pyrrole nitrogens is 1. The number of carboxylic acids is 1. The molecule has 0 aromatic carbocycles. The highest BCUT2D eigenvalue weighted by atomic mass is 16.4. The number of aromatic amines is 1. The third kappa shape index (κ3) is 1.86. The molecule has 1 aromatic heterocycles. The van der Waals surface area contributed by atoms with E-state index in [4.69, 9.17) is 10.8 Å². The number of hydrogen-bond acceptors (Lipinski definition) is 3. The van der Waals surface area contributed by atoms with Crippen molar-refractivity contribution in [3.63, 3.8) is 0 Å². The second kappa shape index (κ2) is 3.57. The van der Waals surface area contributed by atoms with Gasteiger partial charge in [-0.05, 0) is 0 Å². The van der Waals surface area contributed by atoms with Crippen molar-refractivity contribution < 1.29 is 9.90 Å². The maximum Gasteiger partial charge on any atom is 0.356 e. The zero-order valence-electron chi connectivity index (χ0n) is 7.66. The van der Waals surface area contributed by atoms with Crippen molar-refractivity contribution in [3.05, 3.63) is 17.2 Å². The van der Waals surface area contributed by atoms with Gasteiger partial charge in [-0.2, -0.15) is 0 Å². The zero-order valence-corrected chi connectivity index (χ0v) is 7.66. The van der Waals surface area contributed by atoms with E-state index in [0.29, 0.717) is 11.5 Å². The summed E-state index contributed by atoms with van der Waals surface area (Å²) in [5, 5.41) is 8.75. The van der Waals surface area contributed by atoms with Gasteiger partial charge in [-0.15, -0.1) is 0 Å². The van der Waals surface area contributed by atoms with Crippen molar-refractivity contribution in [1.82, 2.24) is 9.97 Å². The second-order valence-electron chi connectivity index (χ2n) is 3.11. The minimum Gasteiger partial charge on any atom is -0.476 e. The molecule has 0 radical (unpaired) electrons. The van der Waals surface area contributed by atoms with Gasteiger partial charge in [0.1, 0.15) is 5.82 Å². The predicted octanol–water partition coefficient (Wildman–Crippen LogP) is 0.690. The molecule has 0 aliphatic carbocycles. The lowest BCUT2D eigenvalue weighted by Crippen LogP contribution is -2.06. The monoisotopic (exact) mass is 183 g/mol. The molecule has 13 heavy (non-hydrogen) atoms. The molecule has 0 aliphatic heterocycles. The van der Waals surface area contributed by atoms with Gasteiger partial charge in [0.05, 0.1) is 5.69 Å². The van der Waals surface area contributed by atoms with Crippen LogP contribution in [0.15, 0.2) is 0 Å². The lowest BCUT2D eigenvalue weighted by atomic mass is 10.2. The van der Waals surface area contributed by atoms with Crippen molar-refractivity contribution in [2.75, 3.05) is 0 Å². The number of imidazole rings is 1. The van der Waals surface area contributed by atoms with Crippen LogP contribution in [0.5, 0.6) is 0 Å². The average Bonchev–Trinajstić information content (AvgIpc) is 2.47. The number of nitrogens with two attached hydrogens (primary N) is 1. The highest BCUT2D eigenvalue weighted by Gasteiger charge is 2.16. The summed E-state index contributed by atoms with van der Waals surface area (Å²) in [6, 6.07) is 0. The molecule has 0 amide bonds. The molecule has 0 fully saturated rings. The van der Waals surface area contributed by atoms with Crippen molar-refractivity contribution in [2.45, 2.75) is 26.3 Å². The molecular formula is C8H13N3O2. The van der Waals surface area contributed by atoms with Crippen LogP contribution in [0.1, 0.15) is 41.8 Å². The summed E-state index contributed by atoms with van der Waals surface area (Å²) >= 11 is 0. The zero-order chi connectivity index (χ0) is 10.0. The number of rotatable bonds is 3. The molecule has 1 aromatic rings. The molecule has 0 unspecified atom stereocenters. The second-order valence-corrected chi connectivity index (χ2v) is 3.11. The third-order valence-corrected chi connectivity index (χ3v) is 1.75. The summed E-state index contributed by atoms with van der Waals surface area (Å²) in [6.07, 6.45) is 0. The van der Waals surface area contributed by atoms with Crippen LogP contribution in [0, 0.1) is 0 Å². The molecule has 72 valence electrons. The summed E-state index contributed by atoms with van der Waals surface area (Å²) < 4.78 is 0. The summed E-state index contributed by atoms with van der Waals surface area (Å²) in [5.41, 5.74) is 5.88. The van der Waals surface area contributed by atoms with Crippen molar-refractivity contribution in [2.24, 2.45) is 5.73 Å². The van der Waals surface area contributed by atoms with Crippen molar-refractivity contribution in [3.8, 4) is 0 Å². The van der Waals surface area contributed by atoms with E-state index < -0.39 is 5.97 Å². The number of aromatic carboxylic acids is 1. The molecule has 0 atom stereocenters. The SMILES string of the molecule is CC(C)c1nc(C(=O)O)c(CN)[nH]1. The van der Waals surface area contributed by atoms with Gasteiger partial charge in [0.25, 0.3) is 0 Å². The van der Waals surface area contributed by atoms with Crippen LogP contribution in [0.4, 0.5) is 0 Å². The average molecular weight is 183 g/mol. The number of carbonyl (C=O) groups is 1. The first-order valence-electron chi connectivity index (χ1n) is 4.08. The van der Waals surface area contributed by atoms with E-state index in [9.17, 15) is 4.79 Å². The van der Waals surface area contributed by atoms with Crippen LogP contribution in [0.25, 0.3) is 0 Å². The molecule has 0 bridgehead atoms. The summed E-state index contributed by atoms with van der Waals surface area (Å²) in [7, 11) is 0.